The maximum atomic E-state index is 9.17. The topological polar surface area (TPSA) is 44.9 Å². The SMILES string of the molecule is Cc1ccc(N(C)Cc2cnn(C)c2)c(C#N)c1. The molecule has 0 saturated heterocycles. The number of aromatic nitrogens is 2. The van der Waals surface area contributed by atoms with Crippen LogP contribution in [-0.4, -0.2) is 16.8 Å². The molecule has 0 amide bonds. The number of benzene rings is 1. The first-order valence-electron chi connectivity index (χ1n) is 5.79. The van der Waals surface area contributed by atoms with Crippen LogP contribution in [0.2, 0.25) is 0 Å². The summed E-state index contributed by atoms with van der Waals surface area (Å²) in [6.45, 7) is 2.73. The van der Waals surface area contributed by atoms with Crippen LogP contribution in [0.25, 0.3) is 0 Å². The van der Waals surface area contributed by atoms with E-state index in [-0.39, 0.29) is 0 Å². The largest absolute Gasteiger partial charge is 0.369 e. The summed E-state index contributed by atoms with van der Waals surface area (Å²) >= 11 is 0. The van der Waals surface area contributed by atoms with E-state index >= 15 is 0 Å². The van der Waals surface area contributed by atoms with Gasteiger partial charge in [0.05, 0.1) is 17.4 Å². The zero-order valence-corrected chi connectivity index (χ0v) is 10.9. The van der Waals surface area contributed by atoms with Crippen molar-refractivity contribution < 1.29 is 0 Å². The molecule has 0 aliphatic rings. The van der Waals surface area contributed by atoms with Gasteiger partial charge in [0.2, 0.25) is 0 Å². The molecule has 0 aliphatic carbocycles. The molecule has 1 heterocycles. The van der Waals surface area contributed by atoms with Crippen LogP contribution in [0.15, 0.2) is 30.6 Å². The Bertz CT molecular complexity index is 592. The molecule has 92 valence electrons. The van der Waals surface area contributed by atoms with Gasteiger partial charge in [-0.15, -0.1) is 0 Å². The molecule has 2 aromatic rings. The lowest BCUT2D eigenvalue weighted by molar-refractivity contribution is 0.766. The summed E-state index contributed by atoms with van der Waals surface area (Å²) < 4.78 is 1.78. The molecule has 0 spiro atoms. The van der Waals surface area contributed by atoms with Crippen LogP contribution < -0.4 is 4.90 Å². The van der Waals surface area contributed by atoms with Gasteiger partial charge in [0.1, 0.15) is 6.07 Å². The van der Waals surface area contributed by atoms with E-state index in [4.69, 9.17) is 5.26 Å². The van der Waals surface area contributed by atoms with Crippen molar-refractivity contribution in [2.75, 3.05) is 11.9 Å². The molecule has 18 heavy (non-hydrogen) atoms. The fraction of sp³-hybridized carbons (Fsp3) is 0.286. The Morgan fingerprint density at radius 1 is 1.44 bits per heavy atom. The second kappa shape index (κ2) is 4.92. The number of nitrogens with zero attached hydrogens (tertiary/aromatic N) is 4. The van der Waals surface area contributed by atoms with Gasteiger partial charge in [-0.3, -0.25) is 4.68 Å². The van der Waals surface area contributed by atoms with Crippen LogP contribution in [0.5, 0.6) is 0 Å². The first-order chi connectivity index (χ1) is 8.60. The van der Waals surface area contributed by atoms with Crippen LogP contribution >= 0.6 is 0 Å². The Balaban J connectivity index is 2.24. The van der Waals surface area contributed by atoms with E-state index in [1.54, 1.807) is 4.68 Å². The monoisotopic (exact) mass is 240 g/mol. The van der Waals surface area contributed by atoms with Crippen LogP contribution in [-0.2, 0) is 13.6 Å². The van der Waals surface area contributed by atoms with Crippen molar-refractivity contribution in [2.45, 2.75) is 13.5 Å². The molecule has 0 fully saturated rings. The zero-order chi connectivity index (χ0) is 13.1. The van der Waals surface area contributed by atoms with E-state index in [2.05, 4.69) is 16.1 Å². The van der Waals surface area contributed by atoms with Crippen LogP contribution in [0.4, 0.5) is 5.69 Å². The van der Waals surface area contributed by atoms with Crippen molar-refractivity contribution in [2.24, 2.45) is 7.05 Å². The summed E-state index contributed by atoms with van der Waals surface area (Å²) in [6, 6.07) is 8.17. The number of nitriles is 1. The third-order valence-corrected chi connectivity index (χ3v) is 2.86. The van der Waals surface area contributed by atoms with Crippen LogP contribution in [0.3, 0.4) is 0 Å². The Hall–Kier alpha value is -2.28. The van der Waals surface area contributed by atoms with Crippen molar-refractivity contribution in [3.63, 3.8) is 0 Å². The van der Waals surface area contributed by atoms with Crippen molar-refractivity contribution in [3.8, 4) is 6.07 Å². The Morgan fingerprint density at radius 2 is 2.22 bits per heavy atom. The first-order valence-corrected chi connectivity index (χ1v) is 5.79. The first kappa shape index (κ1) is 12.2. The third-order valence-electron chi connectivity index (χ3n) is 2.86. The number of aryl methyl sites for hydroxylation is 2. The van der Waals surface area contributed by atoms with Gasteiger partial charge < -0.3 is 4.90 Å². The lowest BCUT2D eigenvalue weighted by Gasteiger charge is -2.20. The second-order valence-corrected chi connectivity index (χ2v) is 4.51. The van der Waals surface area contributed by atoms with Gasteiger partial charge >= 0.3 is 0 Å². The highest BCUT2D eigenvalue weighted by atomic mass is 15.2. The average Bonchev–Trinajstić information content (AvgIpc) is 2.74. The summed E-state index contributed by atoms with van der Waals surface area (Å²) in [5.74, 6) is 0. The van der Waals surface area contributed by atoms with Gasteiger partial charge in [0.25, 0.3) is 0 Å². The lowest BCUT2D eigenvalue weighted by atomic mass is 10.1. The zero-order valence-electron chi connectivity index (χ0n) is 10.9. The van der Waals surface area contributed by atoms with Crippen molar-refractivity contribution in [1.29, 1.82) is 5.26 Å². The number of anilines is 1. The van der Waals surface area contributed by atoms with E-state index in [1.807, 2.05) is 51.6 Å². The maximum absolute atomic E-state index is 9.17. The molecule has 0 bridgehead atoms. The number of hydrogen-bond acceptors (Lipinski definition) is 3. The normalized spacial score (nSPS) is 10.1. The highest BCUT2D eigenvalue weighted by Crippen LogP contribution is 2.21. The van der Waals surface area contributed by atoms with Gasteiger partial charge in [-0.25, -0.2) is 0 Å². The number of rotatable bonds is 3. The highest BCUT2D eigenvalue weighted by Gasteiger charge is 2.08. The Kier molecular flexibility index (Phi) is 3.33. The third kappa shape index (κ3) is 2.51. The summed E-state index contributed by atoms with van der Waals surface area (Å²) in [5, 5.41) is 13.3. The highest BCUT2D eigenvalue weighted by molar-refractivity contribution is 5.60. The molecule has 0 aliphatic heterocycles. The predicted molar refractivity (Wildman–Crippen MR) is 71.2 cm³/mol. The minimum Gasteiger partial charge on any atom is -0.369 e. The molecule has 4 heteroatoms. The number of hydrogen-bond donors (Lipinski definition) is 0. The van der Waals surface area contributed by atoms with E-state index < -0.39 is 0 Å². The Morgan fingerprint density at radius 3 is 2.83 bits per heavy atom. The summed E-state index contributed by atoms with van der Waals surface area (Å²) in [7, 11) is 3.88. The van der Waals surface area contributed by atoms with E-state index in [0.717, 1.165) is 23.4 Å². The van der Waals surface area contributed by atoms with E-state index in [1.165, 1.54) is 0 Å². The standard InChI is InChI=1S/C14H16N4/c1-11-4-5-14(13(6-11)7-15)17(2)9-12-8-16-18(3)10-12/h4-6,8,10H,9H2,1-3H3. The minimum absolute atomic E-state index is 0.710. The maximum Gasteiger partial charge on any atom is 0.101 e. The quantitative estimate of drug-likeness (QED) is 0.826. The van der Waals surface area contributed by atoms with Crippen molar-refractivity contribution in [3.05, 3.63) is 47.3 Å². The molecule has 0 saturated carbocycles. The van der Waals surface area contributed by atoms with Crippen molar-refractivity contribution >= 4 is 5.69 Å². The van der Waals surface area contributed by atoms with Crippen molar-refractivity contribution in [1.82, 2.24) is 9.78 Å². The molecule has 0 unspecified atom stereocenters. The Labute approximate surface area is 107 Å². The fourth-order valence-electron chi connectivity index (χ4n) is 1.98. The van der Waals surface area contributed by atoms with E-state index in [9.17, 15) is 0 Å². The second-order valence-electron chi connectivity index (χ2n) is 4.51. The smallest absolute Gasteiger partial charge is 0.101 e. The molecule has 1 aromatic heterocycles. The summed E-state index contributed by atoms with van der Waals surface area (Å²) in [6.07, 6.45) is 3.83. The molecule has 4 nitrogen and oxygen atoms in total. The van der Waals surface area contributed by atoms with Crippen LogP contribution in [0, 0.1) is 18.3 Å². The average molecular weight is 240 g/mol. The molecule has 0 radical (unpaired) electrons. The van der Waals surface area contributed by atoms with Crippen LogP contribution in [0.1, 0.15) is 16.7 Å². The molecular formula is C14H16N4. The fourth-order valence-corrected chi connectivity index (χ4v) is 1.98. The van der Waals surface area contributed by atoms with Gasteiger partial charge in [-0.2, -0.15) is 10.4 Å². The molecule has 1 aromatic carbocycles. The van der Waals surface area contributed by atoms with Gasteiger partial charge in [-0.1, -0.05) is 6.07 Å². The summed E-state index contributed by atoms with van der Waals surface area (Å²) in [4.78, 5) is 2.06. The van der Waals surface area contributed by atoms with Gasteiger partial charge in [0.15, 0.2) is 0 Å². The molecular weight excluding hydrogens is 224 g/mol. The van der Waals surface area contributed by atoms with E-state index in [0.29, 0.717) is 5.56 Å². The molecule has 0 N–H and O–H groups in total. The van der Waals surface area contributed by atoms with Gasteiger partial charge in [-0.05, 0) is 24.6 Å². The minimum atomic E-state index is 0.710. The molecule has 2 rings (SSSR count). The summed E-state index contributed by atoms with van der Waals surface area (Å²) in [5.41, 5.74) is 3.89. The van der Waals surface area contributed by atoms with Gasteiger partial charge in [0, 0.05) is 32.4 Å². The predicted octanol–water partition coefficient (Wildman–Crippen LogP) is 2.24. The molecule has 0 atom stereocenters. The lowest BCUT2D eigenvalue weighted by Crippen LogP contribution is -2.17.